The first-order valence-corrected chi connectivity index (χ1v) is 8.74. The van der Waals surface area contributed by atoms with E-state index in [0.29, 0.717) is 6.54 Å². The molecule has 6 heteroatoms. The number of allylic oxidation sites excluding steroid dienone is 1. The smallest absolute Gasteiger partial charge is 0.317 e. The number of rotatable bonds is 8. The van der Waals surface area contributed by atoms with Gasteiger partial charge in [0.15, 0.2) is 0 Å². The molecule has 0 bridgehead atoms. The van der Waals surface area contributed by atoms with Crippen molar-refractivity contribution in [1.29, 1.82) is 0 Å². The van der Waals surface area contributed by atoms with Crippen LogP contribution in [0.5, 0.6) is 0 Å². The molecule has 1 atom stereocenters. The number of carbonyl (C=O) groups is 1. The zero-order valence-electron chi connectivity index (χ0n) is 14.4. The Balaban J connectivity index is 1.80. The first kappa shape index (κ1) is 17.5. The largest absolute Gasteiger partial charge is 0.334 e. The van der Waals surface area contributed by atoms with Gasteiger partial charge in [0.1, 0.15) is 12.7 Å². The number of nitrogens with one attached hydrogen (secondary N) is 1. The van der Waals surface area contributed by atoms with Crippen LogP contribution in [-0.2, 0) is 6.54 Å². The van der Waals surface area contributed by atoms with E-state index in [1.165, 1.54) is 37.6 Å². The van der Waals surface area contributed by atoms with Crippen LogP contribution in [0, 0.1) is 0 Å². The van der Waals surface area contributed by atoms with Crippen molar-refractivity contribution in [2.75, 3.05) is 13.1 Å². The van der Waals surface area contributed by atoms with Gasteiger partial charge in [0, 0.05) is 19.1 Å². The Bertz CT molecular complexity index is 497. The van der Waals surface area contributed by atoms with Crippen molar-refractivity contribution in [2.45, 2.75) is 65.0 Å². The van der Waals surface area contributed by atoms with Gasteiger partial charge in [-0.2, -0.15) is 5.10 Å². The van der Waals surface area contributed by atoms with Crippen LogP contribution < -0.4 is 5.32 Å². The summed E-state index contributed by atoms with van der Waals surface area (Å²) in [5.41, 5.74) is 1.51. The molecule has 2 rings (SSSR count). The number of amides is 2. The molecule has 128 valence electrons. The summed E-state index contributed by atoms with van der Waals surface area (Å²) in [7, 11) is 0. The maximum atomic E-state index is 12.5. The molecule has 0 aliphatic heterocycles. The van der Waals surface area contributed by atoms with Crippen LogP contribution in [0.25, 0.3) is 0 Å². The van der Waals surface area contributed by atoms with Crippen LogP contribution in [0.1, 0.15) is 52.4 Å². The zero-order chi connectivity index (χ0) is 16.5. The Morgan fingerprint density at radius 1 is 1.43 bits per heavy atom. The lowest BCUT2D eigenvalue weighted by molar-refractivity contribution is 0.193. The minimum Gasteiger partial charge on any atom is -0.334 e. The van der Waals surface area contributed by atoms with Crippen molar-refractivity contribution in [3.8, 4) is 0 Å². The van der Waals surface area contributed by atoms with Crippen molar-refractivity contribution in [2.24, 2.45) is 0 Å². The monoisotopic (exact) mass is 319 g/mol. The van der Waals surface area contributed by atoms with E-state index in [9.17, 15) is 4.79 Å². The predicted molar refractivity (Wildman–Crippen MR) is 91.0 cm³/mol. The highest BCUT2D eigenvalue weighted by Crippen LogP contribution is 2.20. The van der Waals surface area contributed by atoms with Crippen LogP contribution >= 0.6 is 0 Å². The van der Waals surface area contributed by atoms with Gasteiger partial charge >= 0.3 is 6.03 Å². The number of hydrogen-bond acceptors (Lipinski definition) is 3. The summed E-state index contributed by atoms with van der Waals surface area (Å²) in [5, 5.41) is 7.15. The number of aromatic nitrogens is 3. The quantitative estimate of drug-likeness (QED) is 0.749. The van der Waals surface area contributed by atoms with Crippen molar-refractivity contribution < 1.29 is 4.79 Å². The van der Waals surface area contributed by atoms with Crippen LogP contribution in [0.4, 0.5) is 4.79 Å². The van der Waals surface area contributed by atoms with Crippen LogP contribution in [0.15, 0.2) is 24.3 Å². The lowest BCUT2D eigenvalue weighted by atomic mass is 9.97. The second-order valence-corrected chi connectivity index (χ2v) is 6.31. The lowest BCUT2D eigenvalue weighted by Gasteiger charge is -2.26. The van der Waals surface area contributed by atoms with E-state index >= 15 is 0 Å². The summed E-state index contributed by atoms with van der Waals surface area (Å²) >= 11 is 0. The zero-order valence-corrected chi connectivity index (χ0v) is 14.4. The normalized spacial score (nSPS) is 15.8. The van der Waals surface area contributed by atoms with Gasteiger partial charge in [-0.3, -0.25) is 4.68 Å². The summed E-state index contributed by atoms with van der Waals surface area (Å²) < 4.78 is 1.74. The van der Waals surface area contributed by atoms with Crippen LogP contribution in [-0.4, -0.2) is 44.8 Å². The molecule has 23 heavy (non-hydrogen) atoms. The van der Waals surface area contributed by atoms with Gasteiger partial charge in [0.2, 0.25) is 0 Å². The summed E-state index contributed by atoms with van der Waals surface area (Å²) in [5.74, 6) is 0. The van der Waals surface area contributed by atoms with Crippen molar-refractivity contribution in [3.05, 3.63) is 24.3 Å². The van der Waals surface area contributed by atoms with Gasteiger partial charge < -0.3 is 10.2 Å². The van der Waals surface area contributed by atoms with Crippen LogP contribution in [0.2, 0.25) is 0 Å². The molecule has 1 heterocycles. The average Bonchev–Trinajstić information content (AvgIpc) is 3.05. The first-order valence-electron chi connectivity index (χ1n) is 8.74. The van der Waals surface area contributed by atoms with E-state index in [2.05, 4.69) is 28.4 Å². The van der Waals surface area contributed by atoms with Crippen molar-refractivity contribution in [1.82, 2.24) is 25.0 Å². The minimum atomic E-state index is 0.0240. The third-order valence-corrected chi connectivity index (χ3v) is 4.17. The van der Waals surface area contributed by atoms with E-state index in [1.807, 2.05) is 11.8 Å². The summed E-state index contributed by atoms with van der Waals surface area (Å²) in [6, 6.07) is 0.0494. The molecule has 0 saturated heterocycles. The van der Waals surface area contributed by atoms with Gasteiger partial charge in [-0.15, -0.1) is 0 Å². The van der Waals surface area contributed by atoms with E-state index in [-0.39, 0.29) is 12.1 Å². The van der Waals surface area contributed by atoms with E-state index in [4.69, 9.17) is 0 Å². The molecule has 1 aromatic heterocycles. The van der Waals surface area contributed by atoms with Crippen molar-refractivity contribution >= 4 is 6.03 Å². The molecule has 1 aliphatic rings. The Kier molecular flexibility index (Phi) is 7.10. The maximum Gasteiger partial charge on any atom is 0.317 e. The highest BCUT2D eigenvalue weighted by atomic mass is 16.2. The number of nitrogens with zero attached hydrogens (tertiary/aromatic N) is 4. The third-order valence-electron chi connectivity index (χ3n) is 4.17. The van der Waals surface area contributed by atoms with Crippen LogP contribution in [0.3, 0.4) is 0 Å². The molecule has 0 spiro atoms. The SMILES string of the molecule is CCCN(CCC1=CCCCC1)C(=O)NC(C)Cn1cncn1. The number of urea groups is 1. The fourth-order valence-electron chi connectivity index (χ4n) is 2.95. The molecule has 6 nitrogen and oxygen atoms in total. The standard InChI is InChI=1S/C17H29N5O/c1-3-10-21(11-9-16-7-5-4-6-8-16)17(23)20-15(2)12-22-14-18-13-19-22/h7,13-15H,3-6,8-12H2,1-2H3,(H,20,23). The van der Waals surface area contributed by atoms with E-state index < -0.39 is 0 Å². The number of hydrogen-bond donors (Lipinski definition) is 1. The van der Waals surface area contributed by atoms with E-state index in [1.54, 1.807) is 11.0 Å². The fraction of sp³-hybridized carbons (Fsp3) is 0.706. The molecule has 1 aliphatic carbocycles. The molecule has 1 N–H and O–H groups in total. The highest BCUT2D eigenvalue weighted by molar-refractivity contribution is 5.74. The second kappa shape index (κ2) is 9.33. The Labute approximate surface area is 139 Å². The molecule has 0 aromatic carbocycles. The summed E-state index contributed by atoms with van der Waals surface area (Å²) in [4.78, 5) is 18.4. The number of carbonyl (C=O) groups excluding carboxylic acids is 1. The molecule has 0 radical (unpaired) electrons. The van der Waals surface area contributed by atoms with Crippen molar-refractivity contribution in [3.63, 3.8) is 0 Å². The molecular formula is C17H29N5O. The highest BCUT2D eigenvalue weighted by Gasteiger charge is 2.16. The predicted octanol–water partition coefficient (Wildman–Crippen LogP) is 2.98. The topological polar surface area (TPSA) is 63.1 Å². The fourth-order valence-corrected chi connectivity index (χ4v) is 2.95. The molecule has 0 saturated carbocycles. The Morgan fingerprint density at radius 2 is 2.30 bits per heavy atom. The first-order chi connectivity index (χ1) is 11.2. The Hall–Kier alpha value is -1.85. The molecule has 2 amide bonds. The third kappa shape index (κ3) is 6.04. The summed E-state index contributed by atoms with van der Waals surface area (Å²) in [6.45, 7) is 6.35. The Morgan fingerprint density at radius 3 is 2.96 bits per heavy atom. The molecular weight excluding hydrogens is 290 g/mol. The van der Waals surface area contributed by atoms with Gasteiger partial charge in [0.25, 0.3) is 0 Å². The minimum absolute atomic E-state index is 0.0240. The average molecular weight is 319 g/mol. The van der Waals surface area contributed by atoms with Gasteiger partial charge in [0.05, 0.1) is 6.54 Å². The summed E-state index contributed by atoms with van der Waals surface area (Å²) in [6.07, 6.45) is 12.5. The van der Waals surface area contributed by atoms with Gasteiger partial charge in [-0.05, 0) is 45.4 Å². The van der Waals surface area contributed by atoms with Gasteiger partial charge in [-0.25, -0.2) is 9.78 Å². The second-order valence-electron chi connectivity index (χ2n) is 6.31. The molecule has 0 fully saturated rings. The lowest BCUT2D eigenvalue weighted by Crippen LogP contribution is -2.46. The maximum absolute atomic E-state index is 12.5. The molecule has 1 aromatic rings. The van der Waals surface area contributed by atoms with E-state index in [0.717, 1.165) is 25.9 Å². The molecule has 1 unspecified atom stereocenters. The van der Waals surface area contributed by atoms with Gasteiger partial charge in [-0.1, -0.05) is 18.6 Å².